The summed E-state index contributed by atoms with van der Waals surface area (Å²) in [5.41, 5.74) is 0.314. The van der Waals surface area contributed by atoms with Gasteiger partial charge in [-0.3, -0.25) is 4.79 Å². The number of nitrogens with one attached hydrogen (secondary N) is 2. The van der Waals surface area contributed by atoms with E-state index in [9.17, 15) is 9.18 Å². The molecule has 3 nitrogen and oxygen atoms in total. The van der Waals surface area contributed by atoms with Crippen molar-refractivity contribution in [3.05, 3.63) is 34.1 Å². The van der Waals surface area contributed by atoms with Crippen molar-refractivity contribution < 1.29 is 9.18 Å². The minimum absolute atomic E-state index is 0. The first kappa shape index (κ1) is 17.4. The first-order chi connectivity index (χ1) is 8.04. The van der Waals surface area contributed by atoms with Crippen LogP contribution in [0.1, 0.15) is 24.2 Å². The predicted octanol–water partition coefficient (Wildman–Crippen LogP) is 2.74. The molecule has 0 saturated carbocycles. The fourth-order valence-electron chi connectivity index (χ4n) is 1.43. The van der Waals surface area contributed by atoms with Gasteiger partial charge in [-0.2, -0.15) is 0 Å². The minimum atomic E-state index is -0.418. The monoisotopic (exact) mass is 338 g/mol. The van der Waals surface area contributed by atoms with Gasteiger partial charge in [0.2, 0.25) is 0 Å². The Balaban J connectivity index is 0.00000289. The highest BCUT2D eigenvalue weighted by molar-refractivity contribution is 9.10. The standard InChI is InChI=1S/C12H16BrFN2O.ClH/c1-3-15-8(2)7-16-12(17)10-6-9(14)4-5-11(10)13;/h4-6,8,15H,3,7H2,1-2H3,(H,16,17);1H/t8-;/m1./s1. The van der Waals surface area contributed by atoms with Crippen LogP contribution < -0.4 is 10.6 Å². The van der Waals surface area contributed by atoms with Crippen molar-refractivity contribution in [2.24, 2.45) is 0 Å². The average molecular weight is 340 g/mol. The largest absolute Gasteiger partial charge is 0.350 e. The third-order valence-electron chi connectivity index (χ3n) is 2.29. The quantitative estimate of drug-likeness (QED) is 0.866. The lowest BCUT2D eigenvalue weighted by molar-refractivity contribution is 0.0949. The van der Waals surface area contributed by atoms with Crippen LogP contribution in [0.2, 0.25) is 0 Å². The van der Waals surface area contributed by atoms with E-state index in [1.165, 1.54) is 18.2 Å². The number of carbonyl (C=O) groups excluding carboxylic acids is 1. The van der Waals surface area contributed by atoms with Crippen LogP contribution in [0.5, 0.6) is 0 Å². The lowest BCUT2D eigenvalue weighted by Crippen LogP contribution is -2.38. The van der Waals surface area contributed by atoms with E-state index in [0.717, 1.165) is 6.54 Å². The molecule has 1 rings (SSSR count). The maximum Gasteiger partial charge on any atom is 0.252 e. The molecule has 0 aliphatic carbocycles. The van der Waals surface area contributed by atoms with Crippen molar-refractivity contribution >= 4 is 34.2 Å². The van der Waals surface area contributed by atoms with Gasteiger partial charge in [-0.25, -0.2) is 4.39 Å². The second kappa shape index (κ2) is 8.45. The molecular formula is C12H17BrClFN2O. The molecule has 0 fully saturated rings. The normalized spacial score (nSPS) is 11.6. The summed E-state index contributed by atoms with van der Waals surface area (Å²) in [7, 11) is 0. The summed E-state index contributed by atoms with van der Waals surface area (Å²) in [6.07, 6.45) is 0. The van der Waals surface area contributed by atoms with E-state index in [-0.39, 0.29) is 24.4 Å². The summed E-state index contributed by atoms with van der Waals surface area (Å²) in [6, 6.07) is 4.24. The number of hydrogen-bond donors (Lipinski definition) is 2. The molecule has 2 N–H and O–H groups in total. The Morgan fingerprint density at radius 2 is 2.17 bits per heavy atom. The molecule has 1 amide bonds. The zero-order chi connectivity index (χ0) is 12.8. The molecule has 18 heavy (non-hydrogen) atoms. The summed E-state index contributed by atoms with van der Waals surface area (Å²) in [4.78, 5) is 11.8. The van der Waals surface area contributed by atoms with Crippen LogP contribution in [0, 0.1) is 5.82 Å². The van der Waals surface area contributed by atoms with Crippen molar-refractivity contribution in [3.8, 4) is 0 Å². The predicted molar refractivity (Wildman–Crippen MR) is 76.8 cm³/mol. The zero-order valence-corrected chi connectivity index (χ0v) is 12.7. The Bertz CT molecular complexity index is 404. The lowest BCUT2D eigenvalue weighted by Gasteiger charge is -2.13. The van der Waals surface area contributed by atoms with Gasteiger partial charge >= 0.3 is 0 Å². The minimum Gasteiger partial charge on any atom is -0.350 e. The number of rotatable bonds is 5. The molecule has 0 saturated heterocycles. The van der Waals surface area contributed by atoms with Gasteiger partial charge < -0.3 is 10.6 Å². The molecular weight excluding hydrogens is 322 g/mol. The third kappa shape index (κ3) is 5.33. The molecule has 1 aromatic rings. The Kier molecular flexibility index (Phi) is 8.15. The smallest absolute Gasteiger partial charge is 0.252 e. The molecule has 0 unspecified atom stereocenters. The highest BCUT2D eigenvalue weighted by Crippen LogP contribution is 2.17. The highest BCUT2D eigenvalue weighted by Gasteiger charge is 2.11. The Morgan fingerprint density at radius 1 is 1.50 bits per heavy atom. The summed E-state index contributed by atoms with van der Waals surface area (Å²) >= 11 is 3.23. The summed E-state index contributed by atoms with van der Waals surface area (Å²) in [5.74, 6) is -0.695. The first-order valence-electron chi connectivity index (χ1n) is 5.51. The van der Waals surface area contributed by atoms with Gasteiger partial charge in [-0.05, 0) is 47.6 Å². The van der Waals surface area contributed by atoms with E-state index >= 15 is 0 Å². The van der Waals surface area contributed by atoms with Crippen LogP contribution in [-0.4, -0.2) is 25.0 Å². The third-order valence-corrected chi connectivity index (χ3v) is 2.99. The molecule has 0 aliphatic heterocycles. The molecule has 0 heterocycles. The van der Waals surface area contributed by atoms with Gasteiger partial charge in [0, 0.05) is 17.1 Å². The zero-order valence-electron chi connectivity index (χ0n) is 10.3. The van der Waals surface area contributed by atoms with Gasteiger partial charge in [0.15, 0.2) is 0 Å². The number of likely N-dealkylation sites (N-methyl/N-ethyl adjacent to an activating group) is 1. The number of benzene rings is 1. The van der Waals surface area contributed by atoms with Crippen molar-refractivity contribution in [2.75, 3.05) is 13.1 Å². The van der Waals surface area contributed by atoms with Crippen LogP contribution >= 0.6 is 28.3 Å². The summed E-state index contributed by atoms with van der Waals surface area (Å²) in [5, 5.41) is 5.93. The van der Waals surface area contributed by atoms with Gasteiger partial charge in [0.1, 0.15) is 5.82 Å². The molecule has 0 bridgehead atoms. The van der Waals surface area contributed by atoms with Crippen molar-refractivity contribution in [2.45, 2.75) is 19.9 Å². The van der Waals surface area contributed by atoms with E-state index in [0.29, 0.717) is 16.6 Å². The Hall–Kier alpha value is -0.650. The van der Waals surface area contributed by atoms with Crippen LogP contribution in [0.15, 0.2) is 22.7 Å². The maximum atomic E-state index is 13.0. The second-order valence-corrected chi connectivity index (χ2v) is 4.65. The molecule has 0 aromatic heterocycles. The molecule has 1 atom stereocenters. The molecule has 6 heteroatoms. The van der Waals surface area contributed by atoms with Gasteiger partial charge in [-0.1, -0.05) is 6.92 Å². The van der Waals surface area contributed by atoms with Crippen LogP contribution in [0.25, 0.3) is 0 Å². The maximum absolute atomic E-state index is 13.0. The molecule has 0 radical (unpaired) electrons. The Labute approximate surface area is 121 Å². The van der Waals surface area contributed by atoms with E-state index in [1.807, 2.05) is 13.8 Å². The van der Waals surface area contributed by atoms with Crippen LogP contribution in [0.3, 0.4) is 0 Å². The van der Waals surface area contributed by atoms with Crippen LogP contribution in [-0.2, 0) is 0 Å². The van der Waals surface area contributed by atoms with Gasteiger partial charge in [0.05, 0.1) is 5.56 Å². The topological polar surface area (TPSA) is 41.1 Å². The van der Waals surface area contributed by atoms with Crippen molar-refractivity contribution in [3.63, 3.8) is 0 Å². The molecule has 102 valence electrons. The average Bonchev–Trinajstić information content (AvgIpc) is 2.29. The van der Waals surface area contributed by atoms with Gasteiger partial charge in [0.25, 0.3) is 5.91 Å². The lowest BCUT2D eigenvalue weighted by atomic mass is 10.2. The number of amides is 1. The first-order valence-corrected chi connectivity index (χ1v) is 6.30. The van der Waals surface area contributed by atoms with E-state index in [2.05, 4.69) is 26.6 Å². The number of hydrogen-bond acceptors (Lipinski definition) is 2. The van der Waals surface area contributed by atoms with Crippen molar-refractivity contribution in [1.29, 1.82) is 0 Å². The van der Waals surface area contributed by atoms with E-state index < -0.39 is 5.82 Å². The molecule has 1 aromatic carbocycles. The molecule has 0 aliphatic rings. The SMILES string of the molecule is CCN[C@H](C)CNC(=O)c1cc(F)ccc1Br.Cl. The van der Waals surface area contributed by atoms with E-state index in [1.54, 1.807) is 0 Å². The fraction of sp³-hybridized carbons (Fsp3) is 0.417. The highest BCUT2D eigenvalue weighted by atomic mass is 79.9. The number of carbonyl (C=O) groups is 1. The van der Waals surface area contributed by atoms with Crippen LogP contribution in [0.4, 0.5) is 4.39 Å². The summed E-state index contributed by atoms with van der Waals surface area (Å²) in [6.45, 7) is 5.34. The number of halogens is 3. The van der Waals surface area contributed by atoms with Crippen molar-refractivity contribution in [1.82, 2.24) is 10.6 Å². The van der Waals surface area contributed by atoms with Gasteiger partial charge in [-0.15, -0.1) is 12.4 Å². The van der Waals surface area contributed by atoms with E-state index in [4.69, 9.17) is 0 Å². The Morgan fingerprint density at radius 3 is 2.78 bits per heavy atom. The summed E-state index contributed by atoms with van der Waals surface area (Å²) < 4.78 is 13.6. The fourth-order valence-corrected chi connectivity index (χ4v) is 1.86. The molecule has 0 spiro atoms. The second-order valence-electron chi connectivity index (χ2n) is 3.79.